The summed E-state index contributed by atoms with van der Waals surface area (Å²) in [6.45, 7) is 9.97. The first kappa shape index (κ1) is 14.8. The van der Waals surface area contributed by atoms with E-state index in [4.69, 9.17) is 4.98 Å². The van der Waals surface area contributed by atoms with Gasteiger partial charge >= 0.3 is 0 Å². The van der Waals surface area contributed by atoms with Crippen molar-refractivity contribution in [3.05, 3.63) is 22.9 Å². The molecule has 3 rings (SSSR count). The van der Waals surface area contributed by atoms with E-state index in [1.807, 2.05) is 7.05 Å². The number of aryl methyl sites for hydroxylation is 2. The predicted molar refractivity (Wildman–Crippen MR) is 87.9 cm³/mol. The molecule has 1 atom stereocenters. The standard InChI is InChI=1S/C17H28N4/c1-13-10-14(2)19-17(16(13)11-18-3)21-9-8-20-7-5-4-6-15(20)12-21/h10,15,18H,4-9,11-12H2,1-3H3. The van der Waals surface area contributed by atoms with Crippen LogP contribution in [0.3, 0.4) is 0 Å². The van der Waals surface area contributed by atoms with E-state index in [1.54, 1.807) is 0 Å². The number of hydrogen-bond donors (Lipinski definition) is 1. The number of piperidine rings is 1. The lowest BCUT2D eigenvalue weighted by molar-refractivity contribution is 0.133. The zero-order valence-corrected chi connectivity index (χ0v) is 13.7. The van der Waals surface area contributed by atoms with Crippen LogP contribution in [0.2, 0.25) is 0 Å². The quantitative estimate of drug-likeness (QED) is 0.923. The van der Waals surface area contributed by atoms with Crippen molar-refractivity contribution in [2.24, 2.45) is 0 Å². The molecular weight excluding hydrogens is 260 g/mol. The van der Waals surface area contributed by atoms with E-state index in [2.05, 4.69) is 35.0 Å². The van der Waals surface area contributed by atoms with Gasteiger partial charge in [-0.25, -0.2) is 4.98 Å². The van der Waals surface area contributed by atoms with E-state index in [1.165, 1.54) is 49.3 Å². The number of aromatic nitrogens is 1. The Bertz CT molecular complexity index is 500. The topological polar surface area (TPSA) is 31.4 Å². The molecule has 4 nitrogen and oxygen atoms in total. The van der Waals surface area contributed by atoms with Gasteiger partial charge in [-0.1, -0.05) is 6.42 Å². The highest BCUT2D eigenvalue weighted by Gasteiger charge is 2.30. The van der Waals surface area contributed by atoms with Crippen LogP contribution in [0, 0.1) is 13.8 Å². The minimum Gasteiger partial charge on any atom is -0.353 e. The van der Waals surface area contributed by atoms with E-state index in [0.29, 0.717) is 0 Å². The first-order valence-corrected chi connectivity index (χ1v) is 8.29. The van der Waals surface area contributed by atoms with Crippen LogP contribution < -0.4 is 10.2 Å². The molecule has 2 saturated heterocycles. The number of anilines is 1. The average molecular weight is 288 g/mol. The lowest BCUT2D eigenvalue weighted by atomic mass is 9.99. The fourth-order valence-electron chi connectivity index (χ4n) is 3.85. The summed E-state index contributed by atoms with van der Waals surface area (Å²) in [5.41, 5.74) is 3.86. The second-order valence-corrected chi connectivity index (χ2v) is 6.54. The Morgan fingerprint density at radius 2 is 2.10 bits per heavy atom. The molecule has 0 spiro atoms. The summed E-state index contributed by atoms with van der Waals surface area (Å²) < 4.78 is 0. The fraction of sp³-hybridized carbons (Fsp3) is 0.706. The summed E-state index contributed by atoms with van der Waals surface area (Å²) in [7, 11) is 2.02. The van der Waals surface area contributed by atoms with Gasteiger partial charge in [0.25, 0.3) is 0 Å². The molecule has 21 heavy (non-hydrogen) atoms. The molecule has 0 saturated carbocycles. The van der Waals surface area contributed by atoms with Gasteiger partial charge in [0.1, 0.15) is 5.82 Å². The van der Waals surface area contributed by atoms with E-state index in [-0.39, 0.29) is 0 Å². The molecule has 0 aliphatic carbocycles. The highest BCUT2D eigenvalue weighted by molar-refractivity contribution is 5.52. The van der Waals surface area contributed by atoms with Gasteiger partial charge in [0, 0.05) is 43.5 Å². The van der Waals surface area contributed by atoms with Crippen molar-refractivity contribution in [1.29, 1.82) is 0 Å². The van der Waals surface area contributed by atoms with Gasteiger partial charge in [-0.2, -0.15) is 0 Å². The highest BCUT2D eigenvalue weighted by Crippen LogP contribution is 2.28. The normalized spacial score (nSPS) is 23.2. The summed E-state index contributed by atoms with van der Waals surface area (Å²) >= 11 is 0. The largest absolute Gasteiger partial charge is 0.353 e. The number of fused-ring (bicyclic) bond motifs is 1. The Balaban J connectivity index is 1.85. The van der Waals surface area contributed by atoms with Crippen molar-refractivity contribution >= 4 is 5.82 Å². The van der Waals surface area contributed by atoms with Crippen LogP contribution in [-0.4, -0.2) is 49.2 Å². The van der Waals surface area contributed by atoms with Crippen LogP contribution >= 0.6 is 0 Å². The second-order valence-electron chi connectivity index (χ2n) is 6.54. The molecule has 3 heterocycles. The zero-order chi connectivity index (χ0) is 14.8. The van der Waals surface area contributed by atoms with Crippen molar-refractivity contribution in [2.75, 3.05) is 38.1 Å². The summed E-state index contributed by atoms with van der Waals surface area (Å²) in [5, 5.41) is 3.30. The molecule has 0 radical (unpaired) electrons. The van der Waals surface area contributed by atoms with Crippen LogP contribution in [0.5, 0.6) is 0 Å². The molecule has 1 aromatic heterocycles. The van der Waals surface area contributed by atoms with Gasteiger partial charge < -0.3 is 10.2 Å². The highest BCUT2D eigenvalue weighted by atomic mass is 15.3. The Kier molecular flexibility index (Phi) is 4.45. The van der Waals surface area contributed by atoms with Crippen LogP contribution in [0.4, 0.5) is 5.82 Å². The van der Waals surface area contributed by atoms with Gasteiger partial charge in [-0.05, 0) is 51.9 Å². The lowest BCUT2D eigenvalue weighted by Crippen LogP contribution is -2.55. The van der Waals surface area contributed by atoms with Gasteiger partial charge in [0.05, 0.1) is 0 Å². The number of piperazine rings is 1. The third-order valence-electron chi connectivity index (χ3n) is 4.94. The van der Waals surface area contributed by atoms with E-state index < -0.39 is 0 Å². The van der Waals surface area contributed by atoms with Crippen molar-refractivity contribution < 1.29 is 0 Å². The first-order valence-electron chi connectivity index (χ1n) is 8.29. The van der Waals surface area contributed by atoms with Crippen molar-refractivity contribution in [3.8, 4) is 0 Å². The molecule has 1 unspecified atom stereocenters. The molecule has 0 aromatic carbocycles. The third kappa shape index (κ3) is 3.06. The third-order valence-corrected chi connectivity index (χ3v) is 4.94. The second kappa shape index (κ2) is 6.32. The SMILES string of the molecule is CNCc1c(C)cc(C)nc1N1CCN2CCCCC2C1. The monoisotopic (exact) mass is 288 g/mol. The van der Waals surface area contributed by atoms with Gasteiger partial charge in [-0.3, -0.25) is 4.90 Å². The summed E-state index contributed by atoms with van der Waals surface area (Å²) in [6, 6.07) is 2.94. The van der Waals surface area contributed by atoms with E-state index in [0.717, 1.165) is 31.4 Å². The Hall–Kier alpha value is -1.13. The molecule has 1 N–H and O–H groups in total. The Morgan fingerprint density at radius 1 is 1.24 bits per heavy atom. The van der Waals surface area contributed by atoms with E-state index in [9.17, 15) is 0 Å². The number of pyridine rings is 1. The summed E-state index contributed by atoms with van der Waals surface area (Å²) in [6.07, 6.45) is 4.12. The van der Waals surface area contributed by atoms with Crippen molar-refractivity contribution in [1.82, 2.24) is 15.2 Å². The van der Waals surface area contributed by atoms with Crippen LogP contribution in [0.25, 0.3) is 0 Å². The fourth-order valence-corrected chi connectivity index (χ4v) is 3.85. The maximum atomic E-state index is 4.88. The first-order chi connectivity index (χ1) is 10.2. The molecule has 4 heteroatoms. The molecule has 116 valence electrons. The van der Waals surface area contributed by atoms with Crippen LogP contribution in [0.15, 0.2) is 6.07 Å². The minimum atomic E-state index is 0.734. The van der Waals surface area contributed by atoms with Crippen LogP contribution in [0.1, 0.15) is 36.1 Å². The van der Waals surface area contributed by atoms with Crippen molar-refractivity contribution in [2.45, 2.75) is 45.7 Å². The number of hydrogen-bond acceptors (Lipinski definition) is 4. The summed E-state index contributed by atoms with van der Waals surface area (Å²) in [5.74, 6) is 1.21. The van der Waals surface area contributed by atoms with Gasteiger partial charge in [-0.15, -0.1) is 0 Å². The smallest absolute Gasteiger partial charge is 0.133 e. The average Bonchev–Trinajstić information content (AvgIpc) is 2.49. The zero-order valence-electron chi connectivity index (χ0n) is 13.7. The maximum absolute atomic E-state index is 4.88. The van der Waals surface area contributed by atoms with Crippen LogP contribution in [-0.2, 0) is 6.54 Å². The lowest BCUT2D eigenvalue weighted by Gasteiger charge is -2.45. The molecule has 2 aliphatic heterocycles. The molecule has 2 aliphatic rings. The molecule has 0 bridgehead atoms. The number of nitrogens with one attached hydrogen (secondary N) is 1. The predicted octanol–water partition coefficient (Wildman–Crippen LogP) is 2.09. The number of rotatable bonds is 3. The summed E-state index contributed by atoms with van der Waals surface area (Å²) in [4.78, 5) is 10.1. The molecule has 1 aromatic rings. The molecule has 0 amide bonds. The Labute approximate surface area is 128 Å². The maximum Gasteiger partial charge on any atom is 0.133 e. The van der Waals surface area contributed by atoms with Gasteiger partial charge in [0.2, 0.25) is 0 Å². The minimum absolute atomic E-state index is 0.734. The van der Waals surface area contributed by atoms with Crippen molar-refractivity contribution in [3.63, 3.8) is 0 Å². The molecular formula is C17H28N4. The van der Waals surface area contributed by atoms with E-state index >= 15 is 0 Å². The number of nitrogens with zero attached hydrogens (tertiary/aromatic N) is 3. The molecule has 2 fully saturated rings. The van der Waals surface area contributed by atoms with Gasteiger partial charge in [0.15, 0.2) is 0 Å². The Morgan fingerprint density at radius 3 is 2.90 bits per heavy atom.